The Bertz CT molecular complexity index is 1090. The molecule has 0 amide bonds. The highest BCUT2D eigenvalue weighted by Gasteiger charge is 2.21. The molecule has 194 valence electrons. The molecule has 7 heteroatoms. The van der Waals surface area contributed by atoms with Gasteiger partial charge in [-0.3, -0.25) is 4.90 Å². The van der Waals surface area contributed by atoms with E-state index in [-0.39, 0.29) is 0 Å². The number of para-hydroxylation sites is 2. The first-order valence-corrected chi connectivity index (χ1v) is 13.5. The van der Waals surface area contributed by atoms with Gasteiger partial charge in [-0.1, -0.05) is 44.2 Å². The Labute approximate surface area is 216 Å². The van der Waals surface area contributed by atoms with Gasteiger partial charge in [0, 0.05) is 57.4 Å². The summed E-state index contributed by atoms with van der Waals surface area (Å²) < 4.78 is 0. The number of aromatic nitrogens is 2. The molecule has 0 atom stereocenters. The quantitative estimate of drug-likeness (QED) is 0.350. The van der Waals surface area contributed by atoms with Gasteiger partial charge in [-0.25, -0.2) is 4.98 Å². The van der Waals surface area contributed by atoms with Crippen molar-refractivity contribution in [1.29, 1.82) is 0 Å². The summed E-state index contributed by atoms with van der Waals surface area (Å²) >= 11 is 0. The van der Waals surface area contributed by atoms with E-state index in [0.29, 0.717) is 12.0 Å². The Kier molecular flexibility index (Phi) is 9.36. The SMILES string of the molecule is CCN(CC)CCCNc1nc(NC2CCN(Cc3ccccc3N(C)C)CC2)c2ccccc2n1. The van der Waals surface area contributed by atoms with Crippen LogP contribution >= 0.6 is 0 Å². The van der Waals surface area contributed by atoms with Crippen molar-refractivity contribution in [3.63, 3.8) is 0 Å². The van der Waals surface area contributed by atoms with Gasteiger partial charge in [0.2, 0.25) is 5.95 Å². The Morgan fingerprint density at radius 1 is 0.944 bits per heavy atom. The summed E-state index contributed by atoms with van der Waals surface area (Å²) in [6.07, 6.45) is 3.29. The number of hydrogen-bond acceptors (Lipinski definition) is 7. The second-order valence-electron chi connectivity index (χ2n) is 9.94. The average molecular weight is 490 g/mol. The molecule has 4 rings (SSSR count). The van der Waals surface area contributed by atoms with E-state index in [2.05, 4.69) is 95.7 Å². The van der Waals surface area contributed by atoms with Crippen molar-refractivity contribution in [2.75, 3.05) is 68.9 Å². The third-order valence-electron chi connectivity index (χ3n) is 7.23. The zero-order chi connectivity index (χ0) is 25.3. The number of nitrogens with one attached hydrogen (secondary N) is 2. The van der Waals surface area contributed by atoms with Gasteiger partial charge in [0.15, 0.2) is 0 Å². The van der Waals surface area contributed by atoms with Crippen LogP contribution in [0.4, 0.5) is 17.5 Å². The van der Waals surface area contributed by atoms with Crippen molar-refractivity contribution < 1.29 is 0 Å². The van der Waals surface area contributed by atoms with E-state index >= 15 is 0 Å². The van der Waals surface area contributed by atoms with Gasteiger partial charge in [0.25, 0.3) is 0 Å². The second kappa shape index (κ2) is 12.9. The van der Waals surface area contributed by atoms with Crippen LogP contribution in [0.2, 0.25) is 0 Å². The zero-order valence-electron chi connectivity index (χ0n) is 22.5. The molecule has 1 aliphatic rings. The molecule has 0 saturated carbocycles. The van der Waals surface area contributed by atoms with Crippen LogP contribution in [0, 0.1) is 0 Å². The Hall–Kier alpha value is -2.90. The molecule has 7 nitrogen and oxygen atoms in total. The maximum atomic E-state index is 4.90. The average Bonchev–Trinajstić information content (AvgIpc) is 2.90. The van der Waals surface area contributed by atoms with E-state index < -0.39 is 0 Å². The molecular weight excluding hydrogens is 446 g/mol. The fourth-order valence-corrected chi connectivity index (χ4v) is 5.06. The molecule has 1 fully saturated rings. The number of anilines is 3. The van der Waals surface area contributed by atoms with Crippen molar-refractivity contribution in [2.24, 2.45) is 0 Å². The highest BCUT2D eigenvalue weighted by Crippen LogP contribution is 2.26. The van der Waals surface area contributed by atoms with Gasteiger partial charge < -0.3 is 20.4 Å². The number of likely N-dealkylation sites (tertiary alicyclic amines) is 1. The number of rotatable bonds is 12. The molecule has 1 aliphatic heterocycles. The molecule has 2 N–H and O–H groups in total. The number of hydrogen-bond donors (Lipinski definition) is 2. The third kappa shape index (κ3) is 6.86. The van der Waals surface area contributed by atoms with E-state index in [9.17, 15) is 0 Å². The molecule has 0 unspecified atom stereocenters. The minimum absolute atomic E-state index is 0.416. The lowest BCUT2D eigenvalue weighted by Gasteiger charge is -2.33. The number of nitrogens with zero attached hydrogens (tertiary/aromatic N) is 5. The van der Waals surface area contributed by atoms with Crippen LogP contribution in [0.5, 0.6) is 0 Å². The van der Waals surface area contributed by atoms with E-state index in [1.165, 1.54) is 11.3 Å². The molecule has 0 aliphatic carbocycles. The number of fused-ring (bicyclic) bond motifs is 1. The molecule has 1 aromatic heterocycles. The van der Waals surface area contributed by atoms with E-state index in [1.807, 2.05) is 6.07 Å². The van der Waals surface area contributed by atoms with E-state index in [0.717, 1.165) is 81.8 Å². The van der Waals surface area contributed by atoms with Gasteiger partial charge in [-0.15, -0.1) is 0 Å². The van der Waals surface area contributed by atoms with Gasteiger partial charge in [-0.2, -0.15) is 4.98 Å². The topological polar surface area (TPSA) is 59.6 Å². The summed E-state index contributed by atoms with van der Waals surface area (Å²) in [4.78, 5) is 16.9. The van der Waals surface area contributed by atoms with Crippen LogP contribution in [0.1, 0.15) is 38.7 Å². The van der Waals surface area contributed by atoms with Gasteiger partial charge in [-0.05, 0) is 62.7 Å². The lowest BCUT2D eigenvalue weighted by molar-refractivity contribution is 0.211. The molecule has 0 radical (unpaired) electrons. The fourth-order valence-electron chi connectivity index (χ4n) is 5.06. The monoisotopic (exact) mass is 489 g/mol. The maximum absolute atomic E-state index is 4.90. The molecule has 36 heavy (non-hydrogen) atoms. The Morgan fingerprint density at radius 2 is 1.67 bits per heavy atom. The summed E-state index contributed by atoms with van der Waals surface area (Å²) in [7, 11) is 4.24. The summed E-state index contributed by atoms with van der Waals surface area (Å²) in [5.41, 5.74) is 3.69. The summed E-state index contributed by atoms with van der Waals surface area (Å²) in [5, 5.41) is 8.33. The lowest BCUT2D eigenvalue weighted by Crippen LogP contribution is -2.39. The molecule has 1 saturated heterocycles. The summed E-state index contributed by atoms with van der Waals surface area (Å²) in [6, 6.07) is 17.5. The predicted octanol–water partition coefficient (Wildman–Crippen LogP) is 4.92. The molecular formula is C29H43N7. The predicted molar refractivity (Wildman–Crippen MR) is 153 cm³/mol. The van der Waals surface area contributed by atoms with Crippen molar-refractivity contribution in [3.8, 4) is 0 Å². The zero-order valence-corrected chi connectivity index (χ0v) is 22.5. The first kappa shape index (κ1) is 26.2. The van der Waals surface area contributed by atoms with Gasteiger partial charge in [0.1, 0.15) is 5.82 Å². The molecule has 2 heterocycles. The van der Waals surface area contributed by atoms with Crippen LogP contribution in [-0.2, 0) is 6.54 Å². The second-order valence-corrected chi connectivity index (χ2v) is 9.94. The third-order valence-corrected chi connectivity index (χ3v) is 7.23. The molecule has 0 spiro atoms. The van der Waals surface area contributed by atoms with Gasteiger partial charge >= 0.3 is 0 Å². The van der Waals surface area contributed by atoms with E-state index in [4.69, 9.17) is 9.97 Å². The first-order chi connectivity index (χ1) is 17.6. The normalized spacial score (nSPS) is 14.9. The van der Waals surface area contributed by atoms with Crippen molar-refractivity contribution in [1.82, 2.24) is 19.8 Å². The van der Waals surface area contributed by atoms with Crippen LogP contribution in [0.15, 0.2) is 48.5 Å². The van der Waals surface area contributed by atoms with Gasteiger partial charge in [0.05, 0.1) is 5.52 Å². The summed E-state index contributed by atoms with van der Waals surface area (Å²) in [5.74, 6) is 1.66. The number of piperidine rings is 1. The van der Waals surface area contributed by atoms with Crippen LogP contribution in [-0.4, -0.2) is 79.2 Å². The standard InChI is InChI=1S/C29H43N7/c1-5-35(6-2)19-11-18-30-29-32-26-14-9-8-13-25(26)28(33-29)31-24-16-20-36(21-17-24)22-23-12-7-10-15-27(23)34(3)4/h7-10,12-15,24H,5-6,11,16-22H2,1-4H3,(H2,30,31,32,33). The van der Waals surface area contributed by atoms with E-state index in [1.54, 1.807) is 0 Å². The largest absolute Gasteiger partial charge is 0.377 e. The molecule has 2 aromatic carbocycles. The minimum atomic E-state index is 0.416. The van der Waals surface area contributed by atoms with Crippen LogP contribution in [0.3, 0.4) is 0 Å². The smallest absolute Gasteiger partial charge is 0.225 e. The summed E-state index contributed by atoms with van der Waals surface area (Å²) in [6.45, 7) is 11.8. The highest BCUT2D eigenvalue weighted by molar-refractivity contribution is 5.90. The highest BCUT2D eigenvalue weighted by atomic mass is 15.2. The maximum Gasteiger partial charge on any atom is 0.225 e. The first-order valence-electron chi connectivity index (χ1n) is 13.5. The molecule has 0 bridgehead atoms. The van der Waals surface area contributed by atoms with Crippen molar-refractivity contribution >= 4 is 28.4 Å². The Balaban J connectivity index is 1.36. The Morgan fingerprint density at radius 3 is 2.42 bits per heavy atom. The van der Waals surface area contributed by atoms with Crippen LogP contribution in [0.25, 0.3) is 10.9 Å². The molecule has 3 aromatic rings. The number of benzene rings is 2. The van der Waals surface area contributed by atoms with Crippen molar-refractivity contribution in [2.45, 2.75) is 45.7 Å². The van der Waals surface area contributed by atoms with Crippen molar-refractivity contribution in [3.05, 3.63) is 54.1 Å². The fraction of sp³-hybridized carbons (Fsp3) is 0.517. The lowest BCUT2D eigenvalue weighted by atomic mass is 10.0. The van der Waals surface area contributed by atoms with Crippen LogP contribution < -0.4 is 15.5 Å². The minimum Gasteiger partial charge on any atom is -0.377 e.